The summed E-state index contributed by atoms with van der Waals surface area (Å²) in [5.74, 6) is 1.15. The van der Waals surface area contributed by atoms with Gasteiger partial charge in [0.1, 0.15) is 11.6 Å². The number of halogens is 1. The molecule has 8 nitrogen and oxygen atoms in total. The molecule has 4 heterocycles. The second-order valence-electron chi connectivity index (χ2n) is 8.56. The third-order valence-electron chi connectivity index (χ3n) is 6.26. The fraction of sp³-hybridized carbons (Fsp3) is 0.375. The van der Waals surface area contributed by atoms with Gasteiger partial charge in [-0.2, -0.15) is 0 Å². The maximum atomic E-state index is 13.3. The van der Waals surface area contributed by atoms with Crippen LogP contribution in [0.1, 0.15) is 63.7 Å². The zero-order valence-electron chi connectivity index (χ0n) is 18.8. The quantitative estimate of drug-likeness (QED) is 0.604. The molecule has 1 aromatic carbocycles. The van der Waals surface area contributed by atoms with E-state index in [1.54, 1.807) is 35.8 Å². The van der Waals surface area contributed by atoms with Crippen LogP contribution in [0.2, 0.25) is 0 Å². The lowest BCUT2D eigenvalue weighted by Gasteiger charge is -2.24. The number of hydrogen-bond acceptors (Lipinski definition) is 6. The third-order valence-corrected chi connectivity index (χ3v) is 6.26. The summed E-state index contributed by atoms with van der Waals surface area (Å²) in [5.41, 5.74) is 2.90. The Balaban J connectivity index is 1.47. The fourth-order valence-corrected chi connectivity index (χ4v) is 4.62. The van der Waals surface area contributed by atoms with Crippen molar-refractivity contribution in [2.75, 3.05) is 11.4 Å². The molecule has 2 aromatic heterocycles. The third kappa shape index (κ3) is 3.77. The van der Waals surface area contributed by atoms with E-state index in [0.29, 0.717) is 36.3 Å². The Labute approximate surface area is 190 Å². The Bertz CT molecular complexity index is 1250. The van der Waals surface area contributed by atoms with Gasteiger partial charge in [-0.3, -0.25) is 14.5 Å². The van der Waals surface area contributed by atoms with E-state index in [-0.39, 0.29) is 35.9 Å². The van der Waals surface area contributed by atoms with E-state index in [2.05, 4.69) is 9.97 Å². The van der Waals surface area contributed by atoms with Crippen molar-refractivity contribution in [1.82, 2.24) is 19.9 Å². The summed E-state index contributed by atoms with van der Waals surface area (Å²) in [6, 6.07) is 5.77. The molecule has 0 unspecified atom stereocenters. The van der Waals surface area contributed by atoms with Gasteiger partial charge in [0.2, 0.25) is 11.7 Å². The van der Waals surface area contributed by atoms with Crippen LogP contribution in [0.25, 0.3) is 0 Å². The highest BCUT2D eigenvalue weighted by atomic mass is 19.1. The molecule has 0 aliphatic carbocycles. The van der Waals surface area contributed by atoms with E-state index < -0.39 is 0 Å². The molecule has 1 saturated heterocycles. The number of carbonyl (C=O) groups excluding carboxylic acids is 2. The second kappa shape index (κ2) is 8.06. The average Bonchev–Trinajstić information content (AvgIpc) is 3.47. The van der Waals surface area contributed by atoms with E-state index in [4.69, 9.17) is 9.40 Å². The highest BCUT2D eigenvalue weighted by Gasteiger charge is 2.38. The molecule has 3 aromatic rings. The van der Waals surface area contributed by atoms with E-state index in [0.717, 1.165) is 29.7 Å². The molecule has 2 aliphatic rings. The van der Waals surface area contributed by atoms with Gasteiger partial charge in [-0.1, -0.05) is 12.1 Å². The summed E-state index contributed by atoms with van der Waals surface area (Å²) in [4.78, 5) is 43.0. The number of anilines is 1. The molecule has 0 bridgehead atoms. The van der Waals surface area contributed by atoms with Gasteiger partial charge in [0.25, 0.3) is 5.91 Å². The molecular formula is C24H24FN5O3. The fourth-order valence-electron chi connectivity index (χ4n) is 4.62. The summed E-state index contributed by atoms with van der Waals surface area (Å²) in [7, 11) is 0. The van der Waals surface area contributed by atoms with Crippen LogP contribution in [0.15, 0.2) is 28.7 Å². The first-order valence-corrected chi connectivity index (χ1v) is 11.0. The van der Waals surface area contributed by atoms with Crippen LogP contribution in [0.5, 0.6) is 0 Å². The van der Waals surface area contributed by atoms with Crippen molar-refractivity contribution >= 4 is 17.6 Å². The van der Waals surface area contributed by atoms with Gasteiger partial charge in [-0.25, -0.2) is 19.3 Å². The summed E-state index contributed by atoms with van der Waals surface area (Å²) in [6.07, 6.45) is 1.77. The number of likely N-dealkylation sites (tertiary alicyclic amines) is 1. The van der Waals surface area contributed by atoms with Gasteiger partial charge in [0, 0.05) is 24.7 Å². The van der Waals surface area contributed by atoms with Gasteiger partial charge in [-0.05, 0) is 44.4 Å². The molecule has 0 spiro atoms. The highest BCUT2D eigenvalue weighted by molar-refractivity contribution is 6.00. The number of aromatic nitrogens is 3. The Morgan fingerprint density at radius 1 is 1.12 bits per heavy atom. The molecule has 5 rings (SSSR count). The lowest BCUT2D eigenvalue weighted by atomic mass is 10.1. The maximum absolute atomic E-state index is 13.3. The van der Waals surface area contributed by atoms with Crippen molar-refractivity contribution in [1.29, 1.82) is 0 Å². The smallest absolute Gasteiger partial charge is 0.292 e. The minimum Gasteiger partial charge on any atom is -0.436 e. The lowest BCUT2D eigenvalue weighted by molar-refractivity contribution is -0.117. The van der Waals surface area contributed by atoms with Crippen LogP contribution in [0.4, 0.5) is 10.2 Å². The lowest BCUT2D eigenvalue weighted by Crippen LogP contribution is -2.32. The predicted molar refractivity (Wildman–Crippen MR) is 117 cm³/mol. The molecule has 0 N–H and O–H groups in total. The second-order valence-corrected chi connectivity index (χ2v) is 8.56. The van der Waals surface area contributed by atoms with E-state index >= 15 is 0 Å². The zero-order valence-corrected chi connectivity index (χ0v) is 18.8. The van der Waals surface area contributed by atoms with E-state index in [1.165, 1.54) is 12.1 Å². The number of fused-ring (bicyclic) bond motifs is 1. The Morgan fingerprint density at radius 2 is 1.88 bits per heavy atom. The van der Waals surface area contributed by atoms with Gasteiger partial charge < -0.3 is 9.32 Å². The Kier molecular flexibility index (Phi) is 5.19. The summed E-state index contributed by atoms with van der Waals surface area (Å²) in [6.45, 7) is 6.20. The molecule has 0 radical (unpaired) electrons. The number of hydrogen-bond donors (Lipinski definition) is 0. The van der Waals surface area contributed by atoms with Gasteiger partial charge >= 0.3 is 0 Å². The number of oxazole rings is 1. The van der Waals surface area contributed by atoms with E-state index in [9.17, 15) is 14.0 Å². The van der Waals surface area contributed by atoms with Crippen molar-refractivity contribution in [3.05, 3.63) is 70.1 Å². The van der Waals surface area contributed by atoms with Crippen molar-refractivity contribution in [3.8, 4) is 0 Å². The topological polar surface area (TPSA) is 92.4 Å². The number of amides is 2. The predicted octanol–water partition coefficient (Wildman–Crippen LogP) is 3.60. The molecule has 170 valence electrons. The molecule has 0 saturated carbocycles. The minimum absolute atomic E-state index is 0.0732. The van der Waals surface area contributed by atoms with Gasteiger partial charge in [-0.15, -0.1) is 0 Å². The highest BCUT2D eigenvalue weighted by Crippen LogP contribution is 2.36. The maximum Gasteiger partial charge on any atom is 0.292 e. The standard InChI is InChI=1S/C24H24FN5O3/c1-13-18-11-20(31)30(12-16-6-8-17(25)9-7-16)23(18)28-22(27-13)19-5-4-10-29(19)24(32)21-14(2)26-15(3)33-21/h6-9,19H,4-5,10-12H2,1-3H3/t19-/m1/s1. The molecule has 2 aliphatic heterocycles. The first-order chi connectivity index (χ1) is 15.8. The van der Waals surface area contributed by atoms with Crippen LogP contribution >= 0.6 is 0 Å². The molecule has 1 fully saturated rings. The monoisotopic (exact) mass is 449 g/mol. The first kappa shape index (κ1) is 21.2. The number of benzene rings is 1. The van der Waals surface area contributed by atoms with Crippen LogP contribution in [-0.4, -0.2) is 38.2 Å². The number of carbonyl (C=O) groups is 2. The number of nitrogens with zero attached hydrogens (tertiary/aromatic N) is 5. The normalized spacial score (nSPS) is 17.7. The van der Waals surface area contributed by atoms with Crippen molar-refractivity contribution in [2.45, 2.75) is 52.6 Å². The van der Waals surface area contributed by atoms with Crippen molar-refractivity contribution < 1.29 is 18.4 Å². The minimum atomic E-state index is -0.324. The Hall–Kier alpha value is -3.62. The van der Waals surface area contributed by atoms with Crippen molar-refractivity contribution in [3.63, 3.8) is 0 Å². The largest absolute Gasteiger partial charge is 0.436 e. The summed E-state index contributed by atoms with van der Waals surface area (Å²) < 4.78 is 18.9. The number of rotatable bonds is 4. The van der Waals surface area contributed by atoms with Crippen LogP contribution in [0.3, 0.4) is 0 Å². The van der Waals surface area contributed by atoms with Crippen LogP contribution in [-0.2, 0) is 17.8 Å². The summed E-state index contributed by atoms with van der Waals surface area (Å²) in [5, 5.41) is 0. The van der Waals surface area contributed by atoms with Crippen LogP contribution in [0, 0.1) is 26.6 Å². The SMILES string of the molecule is Cc1nc(C)c(C(=O)N2CCC[C@@H]2c2nc(C)c3c(n2)N(Cc2ccc(F)cc2)C(=O)C3)o1. The van der Waals surface area contributed by atoms with Crippen LogP contribution < -0.4 is 4.90 Å². The van der Waals surface area contributed by atoms with Crippen molar-refractivity contribution in [2.24, 2.45) is 0 Å². The first-order valence-electron chi connectivity index (χ1n) is 11.0. The Morgan fingerprint density at radius 3 is 2.58 bits per heavy atom. The number of aryl methyl sites for hydroxylation is 3. The molecule has 2 amide bonds. The zero-order chi connectivity index (χ0) is 23.3. The van der Waals surface area contributed by atoms with E-state index in [1.807, 2.05) is 6.92 Å². The molecule has 9 heteroatoms. The molecular weight excluding hydrogens is 425 g/mol. The average molecular weight is 449 g/mol. The molecule has 33 heavy (non-hydrogen) atoms. The van der Waals surface area contributed by atoms with Gasteiger partial charge in [0.05, 0.1) is 24.7 Å². The summed E-state index contributed by atoms with van der Waals surface area (Å²) >= 11 is 0. The van der Waals surface area contributed by atoms with Gasteiger partial charge in [0.15, 0.2) is 11.7 Å². The molecule has 1 atom stereocenters.